The highest BCUT2D eigenvalue weighted by Crippen LogP contribution is 2.14. The molecule has 0 aromatic heterocycles. The molecule has 1 aromatic carbocycles. The molecule has 1 aromatic rings. The number of nitrogens with one attached hydrogen (secondary N) is 1. The first-order chi connectivity index (χ1) is 7.81. The molecular formula is C12H13N3O. The minimum atomic E-state index is 0.193. The summed E-state index contributed by atoms with van der Waals surface area (Å²) in [4.78, 5) is 0. The molecule has 0 saturated heterocycles. The largest absolute Gasteiger partial charge is 0.396 e. The second-order valence-corrected chi connectivity index (χ2v) is 3.34. The average Bonchev–Trinajstić information content (AvgIpc) is 2.34. The first-order valence-electron chi connectivity index (χ1n) is 5.11. The summed E-state index contributed by atoms with van der Waals surface area (Å²) in [6.45, 7) is 0.940. The van der Waals surface area contributed by atoms with Crippen molar-refractivity contribution < 1.29 is 5.11 Å². The molecule has 1 rings (SSSR count). The lowest BCUT2D eigenvalue weighted by molar-refractivity contribution is 0.286. The van der Waals surface area contributed by atoms with Gasteiger partial charge in [0.15, 0.2) is 0 Å². The average molecular weight is 215 g/mol. The molecule has 0 unspecified atom stereocenters. The van der Waals surface area contributed by atoms with Crippen LogP contribution in [0.25, 0.3) is 0 Å². The lowest BCUT2D eigenvalue weighted by atomic mass is 10.1. The van der Waals surface area contributed by atoms with Gasteiger partial charge >= 0.3 is 0 Å². The molecule has 0 atom stereocenters. The fraction of sp³-hybridized carbons (Fsp3) is 0.333. The number of nitrogens with zero attached hydrogens (tertiary/aromatic N) is 2. The van der Waals surface area contributed by atoms with Gasteiger partial charge in [0.05, 0.1) is 11.1 Å². The van der Waals surface area contributed by atoms with Gasteiger partial charge in [0.25, 0.3) is 0 Å². The van der Waals surface area contributed by atoms with Gasteiger partial charge < -0.3 is 10.4 Å². The van der Waals surface area contributed by atoms with E-state index in [0.29, 0.717) is 11.1 Å². The molecule has 0 aliphatic carbocycles. The first-order valence-corrected chi connectivity index (χ1v) is 5.11. The van der Waals surface area contributed by atoms with Gasteiger partial charge in [-0.1, -0.05) is 0 Å². The number of hydrogen-bond donors (Lipinski definition) is 2. The second kappa shape index (κ2) is 6.44. The summed E-state index contributed by atoms with van der Waals surface area (Å²) in [6.07, 6.45) is 1.63. The highest BCUT2D eigenvalue weighted by atomic mass is 16.2. The molecule has 0 saturated carbocycles. The number of hydrogen-bond acceptors (Lipinski definition) is 4. The molecule has 0 spiro atoms. The van der Waals surface area contributed by atoms with Crippen LogP contribution in [0.5, 0.6) is 0 Å². The SMILES string of the molecule is N#Cc1ccc(NCCCCO)cc1C#N. The van der Waals surface area contributed by atoms with Gasteiger partial charge in [-0.25, -0.2) is 0 Å². The third-order valence-corrected chi connectivity index (χ3v) is 2.17. The van der Waals surface area contributed by atoms with Gasteiger partial charge in [0.1, 0.15) is 12.1 Å². The Morgan fingerprint density at radius 2 is 1.88 bits per heavy atom. The van der Waals surface area contributed by atoms with E-state index < -0.39 is 0 Å². The van der Waals surface area contributed by atoms with Crippen molar-refractivity contribution >= 4 is 5.69 Å². The Hall–Kier alpha value is -2.04. The summed E-state index contributed by atoms with van der Waals surface area (Å²) >= 11 is 0. The molecular weight excluding hydrogens is 202 g/mol. The predicted octanol–water partition coefficient (Wildman–Crippen LogP) is 1.61. The Labute approximate surface area is 94.8 Å². The van der Waals surface area contributed by atoms with Crippen molar-refractivity contribution in [3.8, 4) is 12.1 Å². The highest BCUT2D eigenvalue weighted by Gasteiger charge is 2.01. The van der Waals surface area contributed by atoms with Crippen molar-refractivity contribution in [1.29, 1.82) is 10.5 Å². The van der Waals surface area contributed by atoms with E-state index in [9.17, 15) is 0 Å². The molecule has 4 heteroatoms. The smallest absolute Gasteiger partial charge is 0.101 e. The highest BCUT2D eigenvalue weighted by molar-refractivity contribution is 5.56. The monoisotopic (exact) mass is 215 g/mol. The van der Waals surface area contributed by atoms with Crippen molar-refractivity contribution in [2.45, 2.75) is 12.8 Å². The third kappa shape index (κ3) is 3.27. The summed E-state index contributed by atoms with van der Waals surface area (Å²) in [6, 6.07) is 9.02. The summed E-state index contributed by atoms with van der Waals surface area (Å²) in [7, 11) is 0. The van der Waals surface area contributed by atoms with Gasteiger partial charge in [-0.2, -0.15) is 10.5 Å². The maximum atomic E-state index is 8.82. The minimum absolute atomic E-state index is 0.193. The van der Waals surface area contributed by atoms with Crippen molar-refractivity contribution in [3.05, 3.63) is 29.3 Å². The molecule has 0 fully saturated rings. The van der Waals surface area contributed by atoms with Crippen LogP contribution in [0.1, 0.15) is 24.0 Å². The van der Waals surface area contributed by atoms with Crippen LogP contribution in [0, 0.1) is 22.7 Å². The summed E-state index contributed by atoms with van der Waals surface area (Å²) in [5.41, 5.74) is 1.60. The van der Waals surface area contributed by atoms with Gasteiger partial charge in [-0.15, -0.1) is 0 Å². The molecule has 0 heterocycles. The zero-order valence-electron chi connectivity index (χ0n) is 8.90. The predicted molar refractivity (Wildman–Crippen MR) is 60.7 cm³/mol. The quantitative estimate of drug-likeness (QED) is 0.731. The standard InChI is InChI=1S/C12H13N3O/c13-8-10-3-4-12(7-11(10)9-14)15-5-1-2-6-16/h3-4,7,15-16H,1-2,5-6H2. The number of aliphatic hydroxyl groups is 1. The van der Waals surface area contributed by atoms with Gasteiger partial charge in [-0.3, -0.25) is 0 Å². The first kappa shape index (κ1) is 12.0. The number of benzene rings is 1. The summed E-state index contributed by atoms with van der Waals surface area (Å²) < 4.78 is 0. The molecule has 0 amide bonds. The van der Waals surface area contributed by atoms with E-state index in [1.165, 1.54) is 0 Å². The topological polar surface area (TPSA) is 79.8 Å². The van der Waals surface area contributed by atoms with Crippen LogP contribution in [0.15, 0.2) is 18.2 Å². The fourth-order valence-electron chi connectivity index (χ4n) is 1.31. The lowest BCUT2D eigenvalue weighted by Crippen LogP contribution is -2.02. The van der Waals surface area contributed by atoms with Crippen LogP contribution < -0.4 is 5.32 Å². The van der Waals surface area contributed by atoms with Crippen LogP contribution in [0.4, 0.5) is 5.69 Å². The Bertz CT molecular complexity index is 429. The van der Waals surface area contributed by atoms with Crippen LogP contribution in [-0.2, 0) is 0 Å². The number of anilines is 1. The van der Waals surface area contributed by atoms with Crippen molar-refractivity contribution in [2.75, 3.05) is 18.5 Å². The van der Waals surface area contributed by atoms with E-state index in [0.717, 1.165) is 25.1 Å². The van der Waals surface area contributed by atoms with Gasteiger partial charge in [-0.05, 0) is 31.0 Å². The third-order valence-electron chi connectivity index (χ3n) is 2.17. The molecule has 82 valence electrons. The normalized spacial score (nSPS) is 9.19. The Morgan fingerprint density at radius 1 is 1.12 bits per heavy atom. The van der Waals surface area contributed by atoms with Crippen molar-refractivity contribution in [1.82, 2.24) is 0 Å². The Morgan fingerprint density at radius 3 is 2.50 bits per heavy atom. The second-order valence-electron chi connectivity index (χ2n) is 3.34. The molecule has 2 N–H and O–H groups in total. The minimum Gasteiger partial charge on any atom is -0.396 e. The molecule has 0 aliphatic rings. The summed E-state index contributed by atoms with van der Waals surface area (Å²) in [5, 5.41) is 29.3. The molecule has 0 bridgehead atoms. The molecule has 0 radical (unpaired) electrons. The Kier molecular flexibility index (Phi) is 4.85. The van der Waals surface area contributed by atoms with Crippen LogP contribution in [-0.4, -0.2) is 18.3 Å². The van der Waals surface area contributed by atoms with E-state index in [-0.39, 0.29) is 6.61 Å². The van der Waals surface area contributed by atoms with Gasteiger partial charge in [0.2, 0.25) is 0 Å². The van der Waals surface area contributed by atoms with Crippen LogP contribution >= 0.6 is 0 Å². The molecule has 0 aliphatic heterocycles. The van der Waals surface area contributed by atoms with E-state index >= 15 is 0 Å². The number of aliphatic hydroxyl groups excluding tert-OH is 1. The maximum absolute atomic E-state index is 8.82. The maximum Gasteiger partial charge on any atom is 0.101 e. The Balaban J connectivity index is 2.63. The molecule has 4 nitrogen and oxygen atoms in total. The van der Waals surface area contributed by atoms with Gasteiger partial charge in [0, 0.05) is 18.8 Å². The number of rotatable bonds is 5. The van der Waals surface area contributed by atoms with E-state index in [1.54, 1.807) is 18.2 Å². The van der Waals surface area contributed by atoms with Crippen LogP contribution in [0.3, 0.4) is 0 Å². The van der Waals surface area contributed by atoms with Crippen LogP contribution in [0.2, 0.25) is 0 Å². The zero-order valence-corrected chi connectivity index (χ0v) is 8.90. The number of unbranched alkanes of at least 4 members (excludes halogenated alkanes) is 1. The zero-order chi connectivity index (χ0) is 11.8. The van der Waals surface area contributed by atoms with E-state index in [2.05, 4.69) is 5.32 Å². The molecule has 16 heavy (non-hydrogen) atoms. The van der Waals surface area contributed by atoms with Crippen molar-refractivity contribution in [2.24, 2.45) is 0 Å². The summed E-state index contributed by atoms with van der Waals surface area (Å²) in [5.74, 6) is 0. The lowest BCUT2D eigenvalue weighted by Gasteiger charge is -2.06. The van der Waals surface area contributed by atoms with Crippen molar-refractivity contribution in [3.63, 3.8) is 0 Å². The van der Waals surface area contributed by atoms with E-state index in [1.807, 2.05) is 12.1 Å². The van der Waals surface area contributed by atoms with E-state index in [4.69, 9.17) is 15.6 Å². The number of nitriles is 2. The fourth-order valence-corrected chi connectivity index (χ4v) is 1.31.